The number of amides is 2. The van der Waals surface area contributed by atoms with Crippen molar-refractivity contribution < 1.29 is 9.59 Å². The number of fused-ring (bicyclic) bond motifs is 1. The Kier molecular flexibility index (Phi) is 6.28. The fourth-order valence-electron chi connectivity index (χ4n) is 4.94. The third-order valence-electron chi connectivity index (χ3n) is 6.84. The smallest absolute Gasteiger partial charge is 0.250 e. The predicted octanol–water partition coefficient (Wildman–Crippen LogP) is 3.71. The summed E-state index contributed by atoms with van der Waals surface area (Å²) in [5, 5.41) is 0.712. The van der Waals surface area contributed by atoms with Gasteiger partial charge in [0.25, 0.3) is 5.91 Å². The number of aromatic nitrogens is 2. The Balaban J connectivity index is 1.28. The van der Waals surface area contributed by atoms with Crippen LogP contribution in [0.5, 0.6) is 0 Å². The molecule has 1 aromatic heterocycles. The molecule has 0 aliphatic carbocycles. The van der Waals surface area contributed by atoms with Crippen LogP contribution in [0.3, 0.4) is 0 Å². The lowest BCUT2D eigenvalue weighted by Crippen LogP contribution is -2.50. The van der Waals surface area contributed by atoms with E-state index in [0.717, 1.165) is 30.9 Å². The van der Waals surface area contributed by atoms with Crippen LogP contribution in [0, 0.1) is 6.92 Å². The SMILES string of the molecule is Cc1ccc(Cl)cc1N1CCN(C(=O)C[C@H](C(=O)N2CCc3ccccc32)n2ccnc2)CC1. The van der Waals surface area contributed by atoms with Crippen molar-refractivity contribution >= 4 is 34.8 Å². The van der Waals surface area contributed by atoms with Gasteiger partial charge in [-0.05, 0) is 42.7 Å². The molecular weight excluding hydrogens is 450 g/mol. The second-order valence-electron chi connectivity index (χ2n) is 8.90. The van der Waals surface area contributed by atoms with Crippen molar-refractivity contribution in [2.24, 2.45) is 0 Å². The zero-order valence-corrected chi connectivity index (χ0v) is 20.0. The largest absolute Gasteiger partial charge is 0.368 e. The van der Waals surface area contributed by atoms with Gasteiger partial charge in [0, 0.05) is 61.5 Å². The number of rotatable bonds is 5. The highest BCUT2D eigenvalue weighted by Crippen LogP contribution is 2.31. The molecule has 0 saturated carbocycles. The molecule has 1 saturated heterocycles. The van der Waals surface area contributed by atoms with E-state index in [0.29, 0.717) is 24.7 Å². The molecule has 3 heterocycles. The Morgan fingerprint density at radius 3 is 2.59 bits per heavy atom. The van der Waals surface area contributed by atoms with E-state index in [4.69, 9.17) is 11.6 Å². The number of piperazine rings is 1. The molecule has 2 aliphatic heterocycles. The molecular formula is C26H28ClN5O2. The highest BCUT2D eigenvalue weighted by atomic mass is 35.5. The van der Waals surface area contributed by atoms with E-state index >= 15 is 0 Å². The van der Waals surface area contributed by atoms with Crippen molar-refractivity contribution in [3.8, 4) is 0 Å². The third-order valence-corrected chi connectivity index (χ3v) is 7.07. The molecule has 2 amide bonds. The molecule has 3 aromatic rings. The summed E-state index contributed by atoms with van der Waals surface area (Å²) in [6.07, 6.45) is 5.98. The maximum Gasteiger partial charge on any atom is 0.250 e. The molecule has 0 spiro atoms. The molecule has 0 unspecified atom stereocenters. The van der Waals surface area contributed by atoms with Crippen LogP contribution in [-0.4, -0.2) is 59.0 Å². The van der Waals surface area contributed by atoms with Gasteiger partial charge in [0.2, 0.25) is 5.91 Å². The van der Waals surface area contributed by atoms with Crippen molar-refractivity contribution in [2.75, 3.05) is 42.5 Å². The van der Waals surface area contributed by atoms with E-state index in [9.17, 15) is 9.59 Å². The van der Waals surface area contributed by atoms with E-state index in [1.54, 1.807) is 23.3 Å². The zero-order valence-electron chi connectivity index (χ0n) is 19.2. The minimum Gasteiger partial charge on any atom is -0.368 e. The number of hydrogen-bond donors (Lipinski definition) is 0. The van der Waals surface area contributed by atoms with Gasteiger partial charge < -0.3 is 19.3 Å². The Morgan fingerprint density at radius 2 is 1.82 bits per heavy atom. The topological polar surface area (TPSA) is 61.7 Å². The Labute approximate surface area is 204 Å². The minimum absolute atomic E-state index is 0.0120. The van der Waals surface area contributed by atoms with Crippen molar-refractivity contribution in [1.82, 2.24) is 14.5 Å². The Bertz CT molecular complexity index is 1190. The lowest BCUT2D eigenvalue weighted by Gasteiger charge is -2.37. The Morgan fingerprint density at radius 1 is 1.03 bits per heavy atom. The number of carbonyl (C=O) groups excluding carboxylic acids is 2. The van der Waals surface area contributed by atoms with Gasteiger partial charge >= 0.3 is 0 Å². The maximum atomic E-state index is 13.6. The number of carbonyl (C=O) groups is 2. The van der Waals surface area contributed by atoms with Crippen molar-refractivity contribution in [3.05, 3.63) is 77.3 Å². The van der Waals surface area contributed by atoms with E-state index < -0.39 is 6.04 Å². The molecule has 2 aromatic carbocycles. The minimum atomic E-state index is -0.616. The second kappa shape index (κ2) is 9.50. The van der Waals surface area contributed by atoms with E-state index in [1.165, 1.54) is 11.1 Å². The molecule has 0 radical (unpaired) electrons. The highest BCUT2D eigenvalue weighted by Gasteiger charge is 2.34. The maximum absolute atomic E-state index is 13.6. The summed E-state index contributed by atoms with van der Waals surface area (Å²) in [5.74, 6) is -0.0773. The van der Waals surface area contributed by atoms with Gasteiger partial charge in [0.05, 0.1) is 12.7 Å². The first-order valence-electron chi connectivity index (χ1n) is 11.7. The normalized spacial score (nSPS) is 16.5. The summed E-state index contributed by atoms with van der Waals surface area (Å²) in [6.45, 7) is 5.40. The molecule has 7 nitrogen and oxygen atoms in total. The molecule has 5 rings (SSSR count). The quantitative estimate of drug-likeness (QED) is 0.562. The lowest BCUT2D eigenvalue weighted by atomic mass is 10.1. The molecule has 176 valence electrons. The zero-order chi connectivity index (χ0) is 23.7. The summed E-state index contributed by atoms with van der Waals surface area (Å²) in [6, 6.07) is 13.3. The van der Waals surface area contributed by atoms with Crippen LogP contribution in [0.4, 0.5) is 11.4 Å². The van der Waals surface area contributed by atoms with Crippen molar-refractivity contribution in [1.29, 1.82) is 0 Å². The third kappa shape index (κ3) is 4.40. The average Bonchev–Trinajstić information content (AvgIpc) is 3.54. The number of halogens is 1. The molecule has 0 bridgehead atoms. The fourth-order valence-corrected chi connectivity index (χ4v) is 5.10. The predicted molar refractivity (Wildman–Crippen MR) is 133 cm³/mol. The summed E-state index contributed by atoms with van der Waals surface area (Å²) >= 11 is 6.20. The Hall–Kier alpha value is -3.32. The van der Waals surface area contributed by atoms with Gasteiger partial charge in [-0.25, -0.2) is 4.98 Å². The first-order valence-corrected chi connectivity index (χ1v) is 12.0. The molecule has 34 heavy (non-hydrogen) atoms. The van der Waals surface area contributed by atoms with Crippen LogP contribution in [-0.2, 0) is 16.0 Å². The van der Waals surface area contributed by atoms with Crippen LogP contribution in [0.1, 0.15) is 23.6 Å². The molecule has 2 aliphatic rings. The van der Waals surface area contributed by atoms with E-state index in [1.807, 2.05) is 46.2 Å². The van der Waals surface area contributed by atoms with Crippen LogP contribution >= 0.6 is 11.6 Å². The molecule has 0 N–H and O–H groups in total. The van der Waals surface area contributed by atoms with E-state index in [2.05, 4.69) is 22.9 Å². The van der Waals surface area contributed by atoms with Crippen LogP contribution in [0.25, 0.3) is 0 Å². The summed E-state index contributed by atoms with van der Waals surface area (Å²) in [4.78, 5) is 37.0. The number of para-hydroxylation sites is 1. The van der Waals surface area contributed by atoms with Gasteiger partial charge in [0.1, 0.15) is 6.04 Å². The number of aryl methyl sites for hydroxylation is 1. The van der Waals surface area contributed by atoms with Gasteiger partial charge in [0.15, 0.2) is 0 Å². The van der Waals surface area contributed by atoms with Gasteiger partial charge in [-0.15, -0.1) is 0 Å². The van der Waals surface area contributed by atoms with E-state index in [-0.39, 0.29) is 18.2 Å². The first-order chi connectivity index (χ1) is 16.5. The van der Waals surface area contributed by atoms with Crippen molar-refractivity contribution in [3.63, 3.8) is 0 Å². The number of imidazole rings is 1. The van der Waals surface area contributed by atoms with Crippen LogP contribution in [0.15, 0.2) is 61.2 Å². The van der Waals surface area contributed by atoms with Gasteiger partial charge in [-0.2, -0.15) is 0 Å². The molecule has 1 atom stereocenters. The highest BCUT2D eigenvalue weighted by molar-refractivity contribution is 6.30. The summed E-state index contributed by atoms with van der Waals surface area (Å²) in [5.41, 5.74) is 4.38. The standard InChI is InChI=1S/C26H28ClN5O2/c1-19-6-7-21(27)16-23(19)29-12-14-30(15-13-29)25(33)17-24(31-11-9-28-18-31)26(34)32-10-8-20-4-2-3-5-22(20)32/h2-7,9,11,16,18,24H,8,10,12-15,17H2,1H3/t24-/m1/s1. The van der Waals surface area contributed by atoms with Crippen molar-refractivity contribution in [2.45, 2.75) is 25.8 Å². The molecule has 1 fully saturated rings. The fraction of sp³-hybridized carbons (Fsp3) is 0.346. The lowest BCUT2D eigenvalue weighted by molar-refractivity contribution is -0.135. The van der Waals surface area contributed by atoms with Gasteiger partial charge in [-0.1, -0.05) is 35.9 Å². The summed E-state index contributed by atoms with van der Waals surface area (Å²) < 4.78 is 1.76. The molecule has 8 heteroatoms. The number of benzene rings is 2. The monoisotopic (exact) mass is 477 g/mol. The summed E-state index contributed by atoms with van der Waals surface area (Å²) in [7, 11) is 0. The number of nitrogens with zero attached hydrogens (tertiary/aromatic N) is 5. The second-order valence-corrected chi connectivity index (χ2v) is 9.33. The van der Waals surface area contributed by atoms with Crippen LogP contribution in [0.2, 0.25) is 5.02 Å². The number of hydrogen-bond acceptors (Lipinski definition) is 4. The average molecular weight is 478 g/mol. The number of anilines is 2. The van der Waals surface area contributed by atoms with Crippen LogP contribution < -0.4 is 9.80 Å². The van der Waals surface area contributed by atoms with Gasteiger partial charge in [-0.3, -0.25) is 9.59 Å². The first kappa shape index (κ1) is 22.5.